The lowest BCUT2D eigenvalue weighted by Crippen LogP contribution is -2.21. The fourth-order valence-electron chi connectivity index (χ4n) is 3.12. The van der Waals surface area contributed by atoms with E-state index in [-0.39, 0.29) is 35.4 Å². The second-order valence-electron chi connectivity index (χ2n) is 7.92. The Bertz CT molecular complexity index is 1190. The Morgan fingerprint density at radius 2 is 1.88 bits per heavy atom. The summed E-state index contributed by atoms with van der Waals surface area (Å²) in [6, 6.07) is 10.8. The lowest BCUT2D eigenvalue weighted by molar-refractivity contribution is 0.0506. The quantitative estimate of drug-likeness (QED) is 0.427. The van der Waals surface area contributed by atoms with Gasteiger partial charge in [-0.25, -0.2) is 4.79 Å². The number of hydrogen-bond donors (Lipinski definition) is 1. The smallest absolute Gasteiger partial charge is 0.341 e. The molecule has 0 unspecified atom stereocenters. The minimum atomic E-state index is -0.588. The fraction of sp³-hybridized carbons (Fsp3) is 0.320. The highest BCUT2D eigenvalue weighted by Gasteiger charge is 2.28. The monoisotopic (exact) mass is 484 g/mol. The largest absolute Gasteiger partial charge is 0.486 e. The number of aryl methyl sites for hydroxylation is 1. The van der Waals surface area contributed by atoms with Gasteiger partial charge in [-0.3, -0.25) is 9.59 Å². The van der Waals surface area contributed by atoms with Gasteiger partial charge in [-0.15, -0.1) is 11.3 Å². The normalized spacial score (nSPS) is 10.6. The molecule has 180 valence electrons. The summed E-state index contributed by atoms with van der Waals surface area (Å²) >= 11 is 1.03. The molecular formula is C25H28N2O6S. The predicted molar refractivity (Wildman–Crippen MR) is 130 cm³/mol. The third-order valence-electron chi connectivity index (χ3n) is 4.87. The summed E-state index contributed by atoms with van der Waals surface area (Å²) in [7, 11) is 3.25. The van der Waals surface area contributed by atoms with Gasteiger partial charge in [-0.1, -0.05) is 19.1 Å². The number of amides is 2. The van der Waals surface area contributed by atoms with Crippen LogP contribution in [0.1, 0.15) is 60.8 Å². The van der Waals surface area contributed by atoms with Crippen LogP contribution in [0.5, 0.6) is 5.75 Å². The van der Waals surface area contributed by atoms with E-state index in [1.165, 1.54) is 11.0 Å². The first-order chi connectivity index (χ1) is 16.2. The Morgan fingerprint density at radius 1 is 1.12 bits per heavy atom. The van der Waals surface area contributed by atoms with Crippen LogP contribution in [0.2, 0.25) is 0 Å². The molecule has 0 saturated heterocycles. The molecule has 0 radical (unpaired) electrons. The van der Waals surface area contributed by atoms with Crippen LogP contribution in [0.3, 0.4) is 0 Å². The zero-order chi connectivity index (χ0) is 24.8. The average Bonchev–Trinajstić information content (AvgIpc) is 3.40. The molecule has 1 aromatic carbocycles. The molecule has 0 bridgehead atoms. The van der Waals surface area contributed by atoms with Crippen molar-refractivity contribution in [3.63, 3.8) is 0 Å². The van der Waals surface area contributed by atoms with Crippen molar-refractivity contribution in [3.8, 4) is 5.75 Å². The van der Waals surface area contributed by atoms with Crippen LogP contribution in [0.4, 0.5) is 5.00 Å². The van der Waals surface area contributed by atoms with Gasteiger partial charge < -0.3 is 24.1 Å². The topological polar surface area (TPSA) is 98.1 Å². The van der Waals surface area contributed by atoms with Gasteiger partial charge in [-0.05, 0) is 55.7 Å². The number of carbonyl (C=O) groups excluding carboxylic acids is 3. The predicted octanol–water partition coefficient (Wildman–Crippen LogP) is 5.06. The van der Waals surface area contributed by atoms with E-state index >= 15 is 0 Å². The molecule has 0 aliphatic carbocycles. The Morgan fingerprint density at radius 3 is 2.56 bits per heavy atom. The van der Waals surface area contributed by atoms with Gasteiger partial charge in [0.15, 0.2) is 5.76 Å². The zero-order valence-electron chi connectivity index (χ0n) is 19.9. The third kappa shape index (κ3) is 5.85. The van der Waals surface area contributed by atoms with E-state index in [1.54, 1.807) is 27.1 Å². The zero-order valence-corrected chi connectivity index (χ0v) is 20.7. The lowest BCUT2D eigenvalue weighted by atomic mass is 10.1. The van der Waals surface area contributed by atoms with Crippen molar-refractivity contribution < 1.29 is 28.3 Å². The Balaban J connectivity index is 1.78. The average molecular weight is 485 g/mol. The Hall–Kier alpha value is -3.59. The molecule has 0 atom stereocenters. The number of nitrogens with zero attached hydrogens (tertiary/aromatic N) is 1. The first kappa shape index (κ1) is 25.0. The number of rotatable bonds is 9. The van der Waals surface area contributed by atoms with Crippen molar-refractivity contribution >= 4 is 34.1 Å². The second kappa shape index (κ2) is 11.0. The van der Waals surface area contributed by atoms with Gasteiger partial charge in [0.05, 0.1) is 17.0 Å². The molecule has 0 aliphatic heterocycles. The van der Waals surface area contributed by atoms with Crippen molar-refractivity contribution in [1.82, 2.24) is 4.90 Å². The second-order valence-corrected chi connectivity index (χ2v) is 8.94. The van der Waals surface area contributed by atoms with E-state index in [0.717, 1.165) is 16.9 Å². The first-order valence-electron chi connectivity index (χ1n) is 10.8. The highest BCUT2D eigenvalue weighted by atomic mass is 32.1. The molecule has 0 aliphatic rings. The van der Waals surface area contributed by atoms with E-state index in [2.05, 4.69) is 5.32 Å². The molecular weight excluding hydrogens is 456 g/mol. The van der Waals surface area contributed by atoms with Crippen LogP contribution in [-0.2, 0) is 11.3 Å². The highest BCUT2D eigenvalue weighted by molar-refractivity contribution is 7.18. The molecule has 9 heteroatoms. The summed E-state index contributed by atoms with van der Waals surface area (Å²) in [5.74, 6) is -0.167. The Kier molecular flexibility index (Phi) is 8.12. The van der Waals surface area contributed by atoms with E-state index in [9.17, 15) is 14.4 Å². The number of carbonyl (C=O) groups is 3. The van der Waals surface area contributed by atoms with Crippen LogP contribution < -0.4 is 10.1 Å². The van der Waals surface area contributed by atoms with Crippen molar-refractivity contribution in [2.24, 2.45) is 0 Å². The van der Waals surface area contributed by atoms with Gasteiger partial charge in [-0.2, -0.15) is 0 Å². The van der Waals surface area contributed by atoms with Crippen molar-refractivity contribution in [1.29, 1.82) is 0 Å². The minimum absolute atomic E-state index is 0.0576. The molecule has 3 rings (SSSR count). The number of esters is 1. The molecule has 8 nitrogen and oxygen atoms in total. The molecule has 1 N–H and O–H groups in total. The van der Waals surface area contributed by atoms with Gasteiger partial charge in [0.1, 0.15) is 23.1 Å². The van der Waals surface area contributed by atoms with E-state index in [0.29, 0.717) is 28.4 Å². The van der Waals surface area contributed by atoms with Crippen LogP contribution in [0, 0.1) is 13.8 Å². The number of benzene rings is 1. The maximum Gasteiger partial charge on any atom is 0.341 e. The molecule has 2 amide bonds. The standard InChI is InChI=1S/C25H28N2O6S/c1-6-12-31-25(30)20-16(3)21(24(29)27(4)5)34-23(20)26-22(28)19-11-10-18(33-19)14-32-17-9-7-8-15(2)13-17/h7-11,13H,6,12,14H2,1-5H3,(H,26,28). The SMILES string of the molecule is CCCOC(=O)c1c(NC(=O)c2ccc(COc3cccc(C)c3)o2)sc(C(=O)N(C)C)c1C. The van der Waals surface area contributed by atoms with Gasteiger partial charge in [0.2, 0.25) is 0 Å². The number of anilines is 1. The summed E-state index contributed by atoms with van der Waals surface area (Å²) in [6.45, 7) is 5.91. The molecule has 0 spiro atoms. The van der Waals surface area contributed by atoms with Crippen LogP contribution in [0.15, 0.2) is 40.8 Å². The molecule has 3 aromatic rings. The minimum Gasteiger partial charge on any atom is -0.486 e. The molecule has 34 heavy (non-hydrogen) atoms. The van der Waals surface area contributed by atoms with Crippen molar-refractivity contribution in [2.45, 2.75) is 33.8 Å². The van der Waals surface area contributed by atoms with E-state index in [4.69, 9.17) is 13.9 Å². The summed E-state index contributed by atoms with van der Waals surface area (Å²) in [5, 5.41) is 2.95. The summed E-state index contributed by atoms with van der Waals surface area (Å²) in [5.41, 5.74) is 1.71. The van der Waals surface area contributed by atoms with Crippen LogP contribution in [-0.4, -0.2) is 43.4 Å². The van der Waals surface area contributed by atoms with Gasteiger partial charge in [0, 0.05) is 14.1 Å². The van der Waals surface area contributed by atoms with E-state index < -0.39 is 11.9 Å². The third-order valence-corrected chi connectivity index (χ3v) is 6.07. The molecule has 2 heterocycles. The van der Waals surface area contributed by atoms with Crippen molar-refractivity contribution in [3.05, 3.63) is 69.5 Å². The maximum absolute atomic E-state index is 12.9. The summed E-state index contributed by atoms with van der Waals surface area (Å²) in [6.07, 6.45) is 0.653. The number of ether oxygens (including phenoxy) is 2. The number of hydrogen-bond acceptors (Lipinski definition) is 7. The van der Waals surface area contributed by atoms with E-state index in [1.807, 2.05) is 38.1 Å². The highest BCUT2D eigenvalue weighted by Crippen LogP contribution is 2.35. The number of thiophene rings is 1. The summed E-state index contributed by atoms with van der Waals surface area (Å²) < 4.78 is 16.6. The number of nitrogens with one attached hydrogen (secondary N) is 1. The van der Waals surface area contributed by atoms with Crippen LogP contribution in [0.25, 0.3) is 0 Å². The van der Waals surface area contributed by atoms with Gasteiger partial charge in [0.25, 0.3) is 11.8 Å². The molecule has 0 fully saturated rings. The molecule has 2 aromatic heterocycles. The first-order valence-corrected chi connectivity index (χ1v) is 11.6. The fourth-order valence-corrected chi connectivity index (χ4v) is 4.33. The lowest BCUT2D eigenvalue weighted by Gasteiger charge is -2.09. The number of furan rings is 1. The summed E-state index contributed by atoms with van der Waals surface area (Å²) in [4.78, 5) is 39.9. The van der Waals surface area contributed by atoms with Crippen LogP contribution >= 0.6 is 11.3 Å². The van der Waals surface area contributed by atoms with Crippen molar-refractivity contribution in [2.75, 3.05) is 26.0 Å². The van der Waals surface area contributed by atoms with Gasteiger partial charge >= 0.3 is 5.97 Å². The molecule has 0 saturated carbocycles. The Labute approximate surface area is 202 Å². The maximum atomic E-state index is 12.9.